The molecule has 0 aromatic heterocycles. The van der Waals surface area contributed by atoms with Crippen molar-refractivity contribution in [1.82, 2.24) is 5.32 Å². The summed E-state index contributed by atoms with van der Waals surface area (Å²) in [6, 6.07) is 16.5. The molecule has 7 heteroatoms. The summed E-state index contributed by atoms with van der Waals surface area (Å²) in [5, 5.41) is 12.2. The standard InChI is InChI=1S/C27H31N3O3S/c1-19(27-14-21-11-22(15-27)13-23(12-21)16-27)29-26(31)18-30(24-5-3-2-4-6-24)34(32,33)25-9-7-20(17-28)8-10-25/h2-10,19,21-23H,11-16,18H2,1H3,(H,29,31). The normalized spacial score (nSPS) is 28.2. The summed E-state index contributed by atoms with van der Waals surface area (Å²) in [7, 11) is -3.99. The number of para-hydroxylation sites is 1. The van der Waals surface area contributed by atoms with Gasteiger partial charge in [0.15, 0.2) is 0 Å². The second kappa shape index (κ2) is 8.74. The van der Waals surface area contributed by atoms with Gasteiger partial charge >= 0.3 is 0 Å². The minimum Gasteiger partial charge on any atom is -0.352 e. The van der Waals surface area contributed by atoms with Crippen LogP contribution in [-0.2, 0) is 14.8 Å². The maximum atomic E-state index is 13.5. The van der Waals surface area contributed by atoms with Gasteiger partial charge < -0.3 is 5.32 Å². The zero-order chi connectivity index (χ0) is 23.9. The monoisotopic (exact) mass is 477 g/mol. The Hall–Kier alpha value is -2.85. The van der Waals surface area contributed by atoms with Gasteiger partial charge in [-0.25, -0.2) is 8.42 Å². The Bertz CT molecular complexity index is 1170. The zero-order valence-electron chi connectivity index (χ0n) is 19.5. The third-order valence-corrected chi connectivity index (χ3v) is 10.1. The highest BCUT2D eigenvalue weighted by molar-refractivity contribution is 7.92. The zero-order valence-corrected chi connectivity index (χ0v) is 20.3. The van der Waals surface area contributed by atoms with Gasteiger partial charge in [0, 0.05) is 6.04 Å². The van der Waals surface area contributed by atoms with Crippen molar-refractivity contribution in [3.05, 3.63) is 60.2 Å². The molecule has 178 valence electrons. The molecule has 34 heavy (non-hydrogen) atoms. The first kappa shape index (κ1) is 22.9. The van der Waals surface area contributed by atoms with Gasteiger partial charge in [-0.05, 0) is 105 Å². The smallest absolute Gasteiger partial charge is 0.264 e. The van der Waals surface area contributed by atoms with Crippen molar-refractivity contribution < 1.29 is 13.2 Å². The summed E-state index contributed by atoms with van der Waals surface area (Å²) in [6.07, 6.45) is 7.53. The Kier molecular flexibility index (Phi) is 5.89. The van der Waals surface area contributed by atoms with Crippen molar-refractivity contribution in [3.63, 3.8) is 0 Å². The van der Waals surface area contributed by atoms with E-state index in [1.807, 2.05) is 12.1 Å². The van der Waals surface area contributed by atoms with E-state index in [9.17, 15) is 13.2 Å². The number of amides is 1. The van der Waals surface area contributed by atoms with E-state index in [4.69, 9.17) is 5.26 Å². The summed E-state index contributed by atoms with van der Waals surface area (Å²) < 4.78 is 28.2. The van der Waals surface area contributed by atoms with E-state index in [-0.39, 0.29) is 28.8 Å². The second-order valence-electron chi connectivity index (χ2n) is 10.6. The average molecular weight is 478 g/mol. The summed E-state index contributed by atoms with van der Waals surface area (Å²) in [5.74, 6) is 2.05. The fourth-order valence-corrected chi connectivity index (χ4v) is 8.44. The Morgan fingerprint density at radius 3 is 2.12 bits per heavy atom. The van der Waals surface area contributed by atoms with E-state index in [2.05, 4.69) is 12.2 Å². The highest BCUT2D eigenvalue weighted by Gasteiger charge is 2.53. The lowest BCUT2D eigenvalue weighted by Gasteiger charge is -2.59. The Balaban J connectivity index is 1.36. The van der Waals surface area contributed by atoms with Crippen LogP contribution in [0, 0.1) is 34.5 Å². The van der Waals surface area contributed by atoms with Crippen LogP contribution < -0.4 is 9.62 Å². The number of sulfonamides is 1. The van der Waals surface area contributed by atoms with Crippen molar-refractivity contribution in [2.24, 2.45) is 23.2 Å². The molecule has 0 radical (unpaired) electrons. The molecule has 2 aromatic carbocycles. The number of carbonyl (C=O) groups is 1. The van der Waals surface area contributed by atoms with Gasteiger partial charge in [0.2, 0.25) is 5.91 Å². The molecule has 4 bridgehead atoms. The predicted molar refractivity (Wildman–Crippen MR) is 130 cm³/mol. The van der Waals surface area contributed by atoms with Gasteiger partial charge in [-0.2, -0.15) is 5.26 Å². The molecule has 4 aliphatic carbocycles. The summed E-state index contributed by atoms with van der Waals surface area (Å²) in [5.41, 5.74) is 0.963. The molecular formula is C27H31N3O3S. The van der Waals surface area contributed by atoms with E-state index >= 15 is 0 Å². The number of rotatable bonds is 7. The number of anilines is 1. The Morgan fingerprint density at radius 1 is 1.03 bits per heavy atom. The molecule has 0 aliphatic heterocycles. The van der Waals surface area contributed by atoms with Gasteiger partial charge in [0.1, 0.15) is 6.54 Å². The van der Waals surface area contributed by atoms with Crippen LogP contribution in [0.25, 0.3) is 0 Å². The minimum absolute atomic E-state index is 0.0173. The molecule has 6 rings (SSSR count). The lowest BCUT2D eigenvalue weighted by molar-refractivity contribution is -0.124. The van der Waals surface area contributed by atoms with E-state index in [0.717, 1.165) is 22.1 Å². The van der Waals surface area contributed by atoms with Gasteiger partial charge in [-0.3, -0.25) is 9.10 Å². The van der Waals surface area contributed by atoms with E-state index in [0.29, 0.717) is 11.3 Å². The van der Waals surface area contributed by atoms with Crippen LogP contribution in [0.3, 0.4) is 0 Å². The number of hydrogen-bond donors (Lipinski definition) is 1. The number of nitriles is 1. The van der Waals surface area contributed by atoms with Crippen LogP contribution >= 0.6 is 0 Å². The molecular weight excluding hydrogens is 446 g/mol. The number of hydrogen-bond acceptors (Lipinski definition) is 4. The molecule has 0 heterocycles. The largest absolute Gasteiger partial charge is 0.352 e. The molecule has 0 spiro atoms. The van der Waals surface area contributed by atoms with Gasteiger partial charge in [-0.15, -0.1) is 0 Å². The molecule has 1 amide bonds. The van der Waals surface area contributed by atoms with Crippen LogP contribution in [0.2, 0.25) is 0 Å². The molecule has 0 saturated heterocycles. The van der Waals surface area contributed by atoms with Gasteiger partial charge in [-0.1, -0.05) is 18.2 Å². The second-order valence-corrected chi connectivity index (χ2v) is 12.4. The number of nitrogens with zero attached hydrogens (tertiary/aromatic N) is 2. The van der Waals surface area contributed by atoms with E-state index < -0.39 is 10.0 Å². The molecule has 1 unspecified atom stereocenters. The molecule has 4 aliphatic rings. The Morgan fingerprint density at radius 2 is 1.59 bits per heavy atom. The lowest BCUT2D eigenvalue weighted by Crippen LogP contribution is -2.57. The van der Waals surface area contributed by atoms with Crippen LogP contribution in [-0.4, -0.2) is 26.9 Å². The summed E-state index contributed by atoms with van der Waals surface area (Å²) >= 11 is 0. The summed E-state index contributed by atoms with van der Waals surface area (Å²) in [4.78, 5) is 13.3. The third kappa shape index (κ3) is 4.20. The number of carbonyl (C=O) groups excluding carboxylic acids is 1. The van der Waals surface area contributed by atoms with Gasteiger partial charge in [0.05, 0.1) is 22.2 Å². The fraction of sp³-hybridized carbons (Fsp3) is 0.481. The first-order valence-corrected chi connectivity index (χ1v) is 13.6. The highest BCUT2D eigenvalue weighted by Crippen LogP contribution is 2.61. The fourth-order valence-electron chi connectivity index (χ4n) is 7.02. The topological polar surface area (TPSA) is 90.3 Å². The van der Waals surface area contributed by atoms with Crippen molar-refractivity contribution in [2.75, 3.05) is 10.8 Å². The first-order chi connectivity index (χ1) is 16.3. The molecule has 1 atom stereocenters. The first-order valence-electron chi connectivity index (χ1n) is 12.2. The van der Waals surface area contributed by atoms with Crippen LogP contribution in [0.15, 0.2) is 59.5 Å². The van der Waals surface area contributed by atoms with Crippen LogP contribution in [0.5, 0.6) is 0 Å². The molecule has 2 aromatic rings. The van der Waals surface area contributed by atoms with Crippen LogP contribution in [0.4, 0.5) is 5.69 Å². The van der Waals surface area contributed by atoms with E-state index in [1.54, 1.807) is 24.3 Å². The lowest BCUT2D eigenvalue weighted by atomic mass is 9.48. The molecule has 4 saturated carbocycles. The van der Waals surface area contributed by atoms with Gasteiger partial charge in [0.25, 0.3) is 10.0 Å². The molecule has 4 fully saturated rings. The average Bonchev–Trinajstić information content (AvgIpc) is 2.82. The highest BCUT2D eigenvalue weighted by atomic mass is 32.2. The maximum Gasteiger partial charge on any atom is 0.264 e. The molecule has 6 nitrogen and oxygen atoms in total. The third-order valence-electron chi connectivity index (χ3n) is 8.28. The maximum absolute atomic E-state index is 13.5. The Labute approximate surface area is 202 Å². The van der Waals surface area contributed by atoms with Crippen molar-refractivity contribution >= 4 is 21.6 Å². The molecule has 1 N–H and O–H groups in total. The van der Waals surface area contributed by atoms with Crippen molar-refractivity contribution in [3.8, 4) is 6.07 Å². The van der Waals surface area contributed by atoms with Crippen molar-refractivity contribution in [1.29, 1.82) is 5.26 Å². The van der Waals surface area contributed by atoms with Crippen LogP contribution in [0.1, 0.15) is 51.0 Å². The predicted octanol–water partition coefficient (Wildman–Crippen LogP) is 4.47. The number of benzene rings is 2. The van der Waals surface area contributed by atoms with E-state index in [1.165, 1.54) is 62.8 Å². The SMILES string of the molecule is CC(NC(=O)CN(c1ccccc1)S(=O)(=O)c1ccc(C#N)cc1)C12CC3CC(CC(C3)C1)C2. The summed E-state index contributed by atoms with van der Waals surface area (Å²) in [6.45, 7) is 1.82. The minimum atomic E-state index is -3.99. The van der Waals surface area contributed by atoms with Crippen molar-refractivity contribution in [2.45, 2.75) is 56.4 Å². The number of nitrogens with one attached hydrogen (secondary N) is 1. The quantitative estimate of drug-likeness (QED) is 0.637.